The number of carbonyl (C=O) groups excluding carboxylic acids is 1. The molecule has 1 aliphatic rings. The van der Waals surface area contributed by atoms with E-state index in [9.17, 15) is 13.2 Å². The summed E-state index contributed by atoms with van der Waals surface area (Å²) in [6.45, 7) is 1.71. The van der Waals surface area contributed by atoms with E-state index in [-0.39, 0.29) is 5.75 Å². The van der Waals surface area contributed by atoms with Crippen LogP contribution in [0.4, 0.5) is 0 Å². The van der Waals surface area contributed by atoms with Crippen molar-refractivity contribution in [3.8, 4) is 0 Å². The van der Waals surface area contributed by atoms with Gasteiger partial charge in [0.1, 0.15) is 5.25 Å². The van der Waals surface area contributed by atoms with Crippen LogP contribution in [-0.2, 0) is 24.1 Å². The topological polar surface area (TPSA) is 81.7 Å². The first-order valence-corrected chi connectivity index (χ1v) is 7.71. The zero-order valence-corrected chi connectivity index (χ0v) is 11.8. The summed E-state index contributed by atoms with van der Waals surface area (Å²) in [5.74, 6) is -0.362. The summed E-state index contributed by atoms with van der Waals surface area (Å²) >= 11 is 0. The SMILES string of the molecule is COC(OC)C(C)NC(=O)C1CCCCS1(=O)=O. The van der Waals surface area contributed by atoms with Gasteiger partial charge in [0.05, 0.1) is 11.8 Å². The van der Waals surface area contributed by atoms with E-state index in [1.54, 1.807) is 6.92 Å². The lowest BCUT2D eigenvalue weighted by molar-refractivity contribution is -0.135. The maximum atomic E-state index is 12.0. The number of ether oxygens (including phenoxy) is 2. The van der Waals surface area contributed by atoms with E-state index < -0.39 is 33.3 Å². The van der Waals surface area contributed by atoms with Gasteiger partial charge in [-0.2, -0.15) is 0 Å². The van der Waals surface area contributed by atoms with Crippen LogP contribution in [-0.4, -0.2) is 51.9 Å². The Balaban J connectivity index is 2.64. The molecular formula is C11H21NO5S. The minimum Gasteiger partial charge on any atom is -0.354 e. The van der Waals surface area contributed by atoms with E-state index in [2.05, 4.69) is 5.32 Å². The second-order valence-electron chi connectivity index (χ2n) is 4.49. The smallest absolute Gasteiger partial charge is 0.238 e. The van der Waals surface area contributed by atoms with Crippen LogP contribution in [0.2, 0.25) is 0 Å². The monoisotopic (exact) mass is 279 g/mol. The van der Waals surface area contributed by atoms with Crippen LogP contribution >= 0.6 is 0 Å². The largest absolute Gasteiger partial charge is 0.354 e. The molecule has 1 saturated heterocycles. The average Bonchev–Trinajstić information content (AvgIpc) is 2.29. The molecule has 1 N–H and O–H groups in total. The van der Waals surface area contributed by atoms with Gasteiger partial charge in [0.2, 0.25) is 5.91 Å². The van der Waals surface area contributed by atoms with Gasteiger partial charge in [-0.3, -0.25) is 4.79 Å². The van der Waals surface area contributed by atoms with Crippen molar-refractivity contribution in [2.24, 2.45) is 0 Å². The number of hydrogen-bond acceptors (Lipinski definition) is 5. The summed E-state index contributed by atoms with van der Waals surface area (Å²) in [5.41, 5.74) is 0. The third kappa shape index (κ3) is 3.66. The van der Waals surface area contributed by atoms with E-state index in [0.29, 0.717) is 12.8 Å². The fraction of sp³-hybridized carbons (Fsp3) is 0.909. The van der Waals surface area contributed by atoms with Crippen molar-refractivity contribution in [2.45, 2.75) is 43.8 Å². The molecule has 1 amide bonds. The van der Waals surface area contributed by atoms with Gasteiger partial charge in [0.15, 0.2) is 16.1 Å². The number of carbonyl (C=O) groups is 1. The molecule has 0 spiro atoms. The molecule has 0 aromatic carbocycles. The molecule has 1 aliphatic heterocycles. The van der Waals surface area contributed by atoms with Gasteiger partial charge in [-0.05, 0) is 19.8 Å². The molecular weight excluding hydrogens is 258 g/mol. The van der Waals surface area contributed by atoms with Crippen molar-refractivity contribution in [3.05, 3.63) is 0 Å². The Morgan fingerprint density at radius 1 is 1.28 bits per heavy atom. The molecule has 0 saturated carbocycles. The molecule has 0 radical (unpaired) electrons. The first-order chi connectivity index (χ1) is 8.42. The van der Waals surface area contributed by atoms with Crippen LogP contribution in [0.25, 0.3) is 0 Å². The van der Waals surface area contributed by atoms with Gasteiger partial charge >= 0.3 is 0 Å². The van der Waals surface area contributed by atoms with Crippen LogP contribution in [0.3, 0.4) is 0 Å². The highest BCUT2D eigenvalue weighted by Gasteiger charge is 2.35. The Hall–Kier alpha value is -0.660. The first-order valence-electron chi connectivity index (χ1n) is 6.00. The third-order valence-electron chi connectivity index (χ3n) is 3.11. The second kappa shape index (κ2) is 6.49. The standard InChI is InChI=1S/C11H21NO5S/c1-8(11(16-2)17-3)12-10(13)9-6-4-5-7-18(9,14)15/h8-9,11H,4-7H2,1-3H3,(H,12,13). The Bertz CT molecular complexity index is 377. The van der Waals surface area contributed by atoms with Gasteiger partial charge in [-0.1, -0.05) is 6.42 Å². The third-order valence-corrected chi connectivity index (χ3v) is 5.29. The van der Waals surface area contributed by atoms with Gasteiger partial charge in [-0.15, -0.1) is 0 Å². The number of sulfone groups is 1. The molecule has 6 nitrogen and oxygen atoms in total. The summed E-state index contributed by atoms with van der Waals surface area (Å²) < 4.78 is 33.6. The molecule has 1 rings (SSSR count). The summed E-state index contributed by atoms with van der Waals surface area (Å²) in [6, 6.07) is -0.398. The van der Waals surface area contributed by atoms with Crippen molar-refractivity contribution in [1.29, 1.82) is 0 Å². The fourth-order valence-corrected chi connectivity index (χ4v) is 3.95. The highest BCUT2D eigenvalue weighted by atomic mass is 32.2. The molecule has 2 unspecified atom stereocenters. The quantitative estimate of drug-likeness (QED) is 0.721. The zero-order valence-electron chi connectivity index (χ0n) is 11.0. The predicted molar refractivity (Wildman–Crippen MR) is 66.8 cm³/mol. The van der Waals surface area contributed by atoms with E-state index in [4.69, 9.17) is 9.47 Å². The molecule has 0 bridgehead atoms. The second-order valence-corrected chi connectivity index (χ2v) is 6.79. The van der Waals surface area contributed by atoms with Crippen molar-refractivity contribution < 1.29 is 22.7 Å². The summed E-state index contributed by atoms with van der Waals surface area (Å²) in [7, 11) is -0.368. The Kier molecular flexibility index (Phi) is 5.55. The number of hydrogen-bond donors (Lipinski definition) is 1. The van der Waals surface area contributed by atoms with E-state index in [1.165, 1.54) is 14.2 Å². The van der Waals surface area contributed by atoms with Crippen molar-refractivity contribution >= 4 is 15.7 Å². The van der Waals surface area contributed by atoms with Crippen LogP contribution in [0.15, 0.2) is 0 Å². The highest BCUT2D eigenvalue weighted by Crippen LogP contribution is 2.19. The van der Waals surface area contributed by atoms with Crippen molar-refractivity contribution in [2.75, 3.05) is 20.0 Å². The molecule has 106 valence electrons. The number of rotatable bonds is 5. The maximum absolute atomic E-state index is 12.0. The Morgan fingerprint density at radius 2 is 1.89 bits per heavy atom. The molecule has 0 aliphatic carbocycles. The van der Waals surface area contributed by atoms with Gasteiger partial charge < -0.3 is 14.8 Å². The van der Waals surface area contributed by atoms with E-state index in [1.807, 2.05) is 0 Å². The number of methoxy groups -OCH3 is 2. The van der Waals surface area contributed by atoms with Crippen LogP contribution in [0, 0.1) is 0 Å². The molecule has 2 atom stereocenters. The molecule has 1 heterocycles. The highest BCUT2D eigenvalue weighted by molar-refractivity contribution is 7.92. The lowest BCUT2D eigenvalue weighted by atomic mass is 10.1. The summed E-state index contributed by atoms with van der Waals surface area (Å²) in [6.07, 6.45) is 1.22. The van der Waals surface area contributed by atoms with Gasteiger partial charge in [0, 0.05) is 14.2 Å². The molecule has 0 aromatic heterocycles. The Morgan fingerprint density at radius 3 is 2.39 bits per heavy atom. The molecule has 1 fully saturated rings. The van der Waals surface area contributed by atoms with Crippen molar-refractivity contribution in [1.82, 2.24) is 5.32 Å². The van der Waals surface area contributed by atoms with Gasteiger partial charge in [-0.25, -0.2) is 8.42 Å². The minimum atomic E-state index is -3.30. The van der Waals surface area contributed by atoms with Crippen molar-refractivity contribution in [3.63, 3.8) is 0 Å². The zero-order chi connectivity index (χ0) is 13.8. The summed E-state index contributed by atoms with van der Waals surface area (Å²) in [4.78, 5) is 12.0. The van der Waals surface area contributed by atoms with E-state index >= 15 is 0 Å². The minimum absolute atomic E-state index is 0.0947. The van der Waals surface area contributed by atoms with Crippen LogP contribution in [0.1, 0.15) is 26.2 Å². The number of amides is 1. The van der Waals surface area contributed by atoms with Crippen LogP contribution in [0.5, 0.6) is 0 Å². The lowest BCUT2D eigenvalue weighted by Gasteiger charge is -2.26. The average molecular weight is 279 g/mol. The van der Waals surface area contributed by atoms with E-state index in [0.717, 1.165) is 6.42 Å². The molecule has 7 heteroatoms. The molecule has 0 aromatic rings. The van der Waals surface area contributed by atoms with Gasteiger partial charge in [0.25, 0.3) is 0 Å². The lowest BCUT2D eigenvalue weighted by Crippen LogP contribution is -2.50. The first kappa shape index (κ1) is 15.4. The normalized spacial score (nSPS) is 24.8. The predicted octanol–water partition coefficient (Wildman–Crippen LogP) is 0.0773. The summed E-state index contributed by atoms with van der Waals surface area (Å²) in [5, 5.41) is 1.71. The fourth-order valence-electron chi connectivity index (χ4n) is 2.14. The maximum Gasteiger partial charge on any atom is 0.238 e. The Labute approximate surface area is 108 Å². The number of nitrogens with one attached hydrogen (secondary N) is 1. The van der Waals surface area contributed by atoms with Crippen LogP contribution < -0.4 is 5.32 Å². The molecule has 18 heavy (non-hydrogen) atoms.